The lowest BCUT2D eigenvalue weighted by molar-refractivity contribution is -0.137. The average Bonchev–Trinajstić information content (AvgIpc) is 2.62. The second-order valence-electron chi connectivity index (χ2n) is 5.35. The van der Waals surface area contributed by atoms with E-state index in [0.717, 1.165) is 12.1 Å². The van der Waals surface area contributed by atoms with Crippen LogP contribution in [0.4, 0.5) is 13.2 Å². The molecule has 0 aliphatic rings. The fraction of sp³-hybridized carbons (Fsp3) is 0.278. The summed E-state index contributed by atoms with van der Waals surface area (Å²) in [6.45, 7) is 3.91. The Kier molecular flexibility index (Phi) is 6.32. The monoisotopic (exact) mass is 365 g/mol. The van der Waals surface area contributed by atoms with Crippen molar-refractivity contribution in [1.82, 2.24) is 0 Å². The van der Waals surface area contributed by atoms with E-state index in [9.17, 15) is 13.2 Å². The SMILES string of the molecule is CCON=C(c1ccc(Oc2ccc(C(F)(F)F)cc2)cc1)C(C)N=N. The minimum Gasteiger partial charge on any atom is -0.457 e. The first-order valence-corrected chi connectivity index (χ1v) is 7.87. The first-order valence-electron chi connectivity index (χ1n) is 7.87. The number of nitrogens with one attached hydrogen (secondary N) is 1. The molecule has 0 saturated carbocycles. The Morgan fingerprint density at radius 3 is 2.04 bits per heavy atom. The highest BCUT2D eigenvalue weighted by Gasteiger charge is 2.30. The highest BCUT2D eigenvalue weighted by atomic mass is 19.4. The molecule has 0 saturated heterocycles. The molecule has 0 fully saturated rings. The summed E-state index contributed by atoms with van der Waals surface area (Å²) in [5.74, 6) is 0.753. The number of alkyl halides is 3. The van der Waals surface area contributed by atoms with Crippen LogP contribution < -0.4 is 4.74 Å². The lowest BCUT2D eigenvalue weighted by atomic mass is 10.1. The van der Waals surface area contributed by atoms with E-state index in [2.05, 4.69) is 10.3 Å². The van der Waals surface area contributed by atoms with Gasteiger partial charge in [0.25, 0.3) is 0 Å². The van der Waals surface area contributed by atoms with Gasteiger partial charge >= 0.3 is 6.18 Å². The zero-order chi connectivity index (χ0) is 19.2. The molecule has 0 aliphatic carbocycles. The summed E-state index contributed by atoms with van der Waals surface area (Å²) < 4.78 is 43.2. The topological polar surface area (TPSA) is 67.0 Å². The average molecular weight is 365 g/mol. The van der Waals surface area contributed by atoms with E-state index >= 15 is 0 Å². The van der Waals surface area contributed by atoms with Crippen LogP contribution in [0.25, 0.3) is 0 Å². The van der Waals surface area contributed by atoms with Crippen LogP contribution in [-0.4, -0.2) is 18.4 Å². The van der Waals surface area contributed by atoms with E-state index in [1.807, 2.05) is 0 Å². The van der Waals surface area contributed by atoms with Crippen molar-refractivity contribution in [3.05, 3.63) is 59.7 Å². The molecule has 1 atom stereocenters. The van der Waals surface area contributed by atoms with Gasteiger partial charge in [-0.3, -0.25) is 0 Å². The van der Waals surface area contributed by atoms with E-state index in [0.29, 0.717) is 29.4 Å². The first-order chi connectivity index (χ1) is 12.3. The molecule has 0 spiro atoms. The van der Waals surface area contributed by atoms with Crippen molar-refractivity contribution in [2.24, 2.45) is 10.3 Å². The van der Waals surface area contributed by atoms with Gasteiger partial charge in [0.1, 0.15) is 29.9 Å². The molecule has 138 valence electrons. The van der Waals surface area contributed by atoms with Crippen LogP contribution in [-0.2, 0) is 11.0 Å². The van der Waals surface area contributed by atoms with Crippen LogP contribution in [0.2, 0.25) is 0 Å². The maximum atomic E-state index is 12.6. The van der Waals surface area contributed by atoms with Gasteiger partial charge in [-0.25, -0.2) is 5.53 Å². The number of nitrogens with zero attached hydrogens (tertiary/aromatic N) is 2. The zero-order valence-electron chi connectivity index (χ0n) is 14.2. The van der Waals surface area contributed by atoms with E-state index < -0.39 is 17.8 Å². The summed E-state index contributed by atoms with van der Waals surface area (Å²) in [6, 6.07) is 10.7. The van der Waals surface area contributed by atoms with Crippen molar-refractivity contribution < 1.29 is 22.7 Å². The molecule has 0 aliphatic heterocycles. The van der Waals surface area contributed by atoms with E-state index in [4.69, 9.17) is 15.1 Å². The number of hydrogen-bond acceptors (Lipinski definition) is 5. The van der Waals surface area contributed by atoms with Gasteiger partial charge in [0, 0.05) is 5.56 Å². The molecule has 0 bridgehead atoms. The Morgan fingerprint density at radius 2 is 1.58 bits per heavy atom. The molecule has 8 heteroatoms. The molecule has 0 radical (unpaired) electrons. The van der Waals surface area contributed by atoms with Crippen molar-refractivity contribution in [1.29, 1.82) is 5.53 Å². The van der Waals surface area contributed by atoms with Gasteiger partial charge in [-0.1, -0.05) is 5.16 Å². The number of rotatable bonds is 7. The van der Waals surface area contributed by atoms with Gasteiger partial charge in [0.15, 0.2) is 0 Å². The minimum atomic E-state index is -4.38. The Hall–Kier alpha value is -2.90. The quantitative estimate of drug-likeness (QED) is 0.391. The Morgan fingerprint density at radius 1 is 1.04 bits per heavy atom. The summed E-state index contributed by atoms with van der Waals surface area (Å²) >= 11 is 0. The third kappa shape index (κ3) is 5.05. The molecule has 0 aromatic heterocycles. The van der Waals surface area contributed by atoms with Crippen LogP contribution in [0.15, 0.2) is 58.8 Å². The van der Waals surface area contributed by atoms with Crippen LogP contribution in [0.3, 0.4) is 0 Å². The third-order valence-corrected chi connectivity index (χ3v) is 3.45. The number of hydrogen-bond donors (Lipinski definition) is 1. The van der Waals surface area contributed by atoms with Gasteiger partial charge < -0.3 is 9.57 Å². The fourth-order valence-corrected chi connectivity index (χ4v) is 2.11. The lowest BCUT2D eigenvalue weighted by Gasteiger charge is -2.11. The van der Waals surface area contributed by atoms with Gasteiger partial charge in [0.2, 0.25) is 0 Å². The second kappa shape index (κ2) is 8.46. The molecule has 2 aromatic rings. The smallest absolute Gasteiger partial charge is 0.416 e. The predicted octanol–water partition coefficient (Wildman–Crippen LogP) is 5.66. The molecular weight excluding hydrogens is 347 g/mol. The third-order valence-electron chi connectivity index (χ3n) is 3.45. The second-order valence-corrected chi connectivity index (χ2v) is 5.35. The lowest BCUT2D eigenvalue weighted by Crippen LogP contribution is -2.16. The van der Waals surface area contributed by atoms with Crippen molar-refractivity contribution in [2.45, 2.75) is 26.1 Å². The number of halogens is 3. The van der Waals surface area contributed by atoms with Gasteiger partial charge in [0.05, 0.1) is 5.56 Å². The van der Waals surface area contributed by atoms with Crippen LogP contribution in [0.1, 0.15) is 25.0 Å². The molecule has 0 heterocycles. The van der Waals surface area contributed by atoms with Gasteiger partial charge in [-0.2, -0.15) is 18.3 Å². The molecule has 5 nitrogen and oxygen atoms in total. The molecule has 1 unspecified atom stereocenters. The number of oxime groups is 1. The van der Waals surface area contributed by atoms with Crippen LogP contribution >= 0.6 is 0 Å². The minimum absolute atomic E-state index is 0.295. The summed E-state index contributed by atoms with van der Waals surface area (Å²) in [7, 11) is 0. The van der Waals surface area contributed by atoms with Crippen molar-refractivity contribution in [3.63, 3.8) is 0 Å². The normalized spacial score (nSPS) is 13.2. The first kappa shape index (κ1) is 19.4. The molecular formula is C18H18F3N3O2. The fourth-order valence-electron chi connectivity index (χ4n) is 2.11. The molecule has 26 heavy (non-hydrogen) atoms. The summed E-state index contributed by atoms with van der Waals surface area (Å²) in [5, 5.41) is 7.44. The van der Waals surface area contributed by atoms with Crippen molar-refractivity contribution in [2.75, 3.05) is 6.61 Å². The zero-order valence-corrected chi connectivity index (χ0v) is 14.2. The van der Waals surface area contributed by atoms with Crippen molar-refractivity contribution in [3.8, 4) is 11.5 Å². The Labute approximate surface area is 148 Å². The van der Waals surface area contributed by atoms with E-state index in [1.54, 1.807) is 38.1 Å². The highest BCUT2D eigenvalue weighted by Crippen LogP contribution is 2.31. The maximum Gasteiger partial charge on any atom is 0.416 e. The summed E-state index contributed by atoms with van der Waals surface area (Å²) in [5.41, 5.74) is 7.64. The molecule has 2 rings (SSSR count). The molecule has 2 aromatic carbocycles. The van der Waals surface area contributed by atoms with E-state index in [-0.39, 0.29) is 0 Å². The van der Waals surface area contributed by atoms with Crippen LogP contribution in [0.5, 0.6) is 11.5 Å². The van der Waals surface area contributed by atoms with Gasteiger partial charge in [-0.15, -0.1) is 0 Å². The largest absolute Gasteiger partial charge is 0.457 e. The number of ether oxygens (including phenoxy) is 1. The van der Waals surface area contributed by atoms with Crippen molar-refractivity contribution >= 4 is 5.71 Å². The summed E-state index contributed by atoms with van der Waals surface area (Å²) in [4.78, 5) is 5.06. The predicted molar refractivity (Wildman–Crippen MR) is 90.7 cm³/mol. The maximum absolute atomic E-state index is 12.6. The highest BCUT2D eigenvalue weighted by molar-refractivity contribution is 6.04. The van der Waals surface area contributed by atoms with Crippen LogP contribution in [0, 0.1) is 5.53 Å². The summed E-state index contributed by atoms with van der Waals surface area (Å²) in [6.07, 6.45) is -4.38. The Balaban J connectivity index is 2.14. The molecule has 0 amide bonds. The Bertz CT molecular complexity index is 757. The standard InChI is InChI=1S/C18H18F3N3O2/c1-3-25-24-17(12(2)23-22)13-4-8-15(9-5-13)26-16-10-6-14(7-11-16)18(19,20)21/h4-12,22H,3H2,1-2H3. The molecule has 1 N–H and O–H groups in total. The van der Waals surface area contributed by atoms with E-state index in [1.165, 1.54) is 12.1 Å². The number of benzene rings is 2. The van der Waals surface area contributed by atoms with Gasteiger partial charge in [-0.05, 0) is 62.4 Å².